The highest BCUT2D eigenvalue weighted by Crippen LogP contribution is 2.38. The van der Waals surface area contributed by atoms with Crippen LogP contribution in [0.4, 0.5) is 0 Å². The quantitative estimate of drug-likeness (QED) is 0.0630. The van der Waals surface area contributed by atoms with Crippen LogP contribution in [0.25, 0.3) is 11.1 Å². The lowest BCUT2D eigenvalue weighted by Crippen LogP contribution is -2.13. The van der Waals surface area contributed by atoms with Gasteiger partial charge in [-0.1, -0.05) is 24.3 Å². The zero-order chi connectivity index (χ0) is 45.9. The van der Waals surface area contributed by atoms with Gasteiger partial charge in [0.25, 0.3) is 0 Å². The molecule has 0 spiro atoms. The number of hydrogen-bond acceptors (Lipinski definition) is 16. The zero-order valence-electron chi connectivity index (χ0n) is 35.9. The largest absolute Gasteiger partial charge is 0.496 e. The maximum Gasteiger partial charge on any atom is 0.347 e. The van der Waals surface area contributed by atoms with E-state index in [0.717, 1.165) is 11.1 Å². The lowest BCUT2D eigenvalue weighted by Gasteiger charge is -2.15. The highest BCUT2D eigenvalue weighted by Gasteiger charge is 2.24. The van der Waals surface area contributed by atoms with Crippen molar-refractivity contribution >= 4 is 23.9 Å². The summed E-state index contributed by atoms with van der Waals surface area (Å²) >= 11 is 0. The molecule has 0 saturated heterocycles. The first-order valence-electron chi connectivity index (χ1n) is 19.0. The highest BCUT2D eigenvalue weighted by molar-refractivity contribution is 5.97. The third-order valence-corrected chi connectivity index (χ3v) is 9.52. The Hall–Kier alpha value is -8.40. The smallest absolute Gasteiger partial charge is 0.347 e. The molecule has 0 fully saturated rings. The Kier molecular flexibility index (Phi) is 14.4. The van der Waals surface area contributed by atoms with E-state index in [2.05, 4.69) is 0 Å². The molecule has 0 aliphatic heterocycles. The maximum atomic E-state index is 13.2. The number of ether oxygens (including phenoxy) is 12. The van der Waals surface area contributed by atoms with E-state index in [1.165, 1.54) is 118 Å². The van der Waals surface area contributed by atoms with Crippen LogP contribution < -0.4 is 56.8 Å². The second-order valence-corrected chi connectivity index (χ2v) is 13.2. The third kappa shape index (κ3) is 10.0. The number of methoxy groups -OCH3 is 8. The number of carbonyl (C=O) groups excluding carboxylic acids is 4. The minimum Gasteiger partial charge on any atom is -0.496 e. The van der Waals surface area contributed by atoms with Gasteiger partial charge in [-0.3, -0.25) is 0 Å². The average molecular weight is 875 g/mol. The molecule has 16 heteroatoms. The van der Waals surface area contributed by atoms with Crippen molar-refractivity contribution in [2.75, 3.05) is 56.9 Å². The van der Waals surface area contributed by atoms with Crippen molar-refractivity contribution in [1.29, 1.82) is 0 Å². The third-order valence-electron chi connectivity index (χ3n) is 9.52. The van der Waals surface area contributed by atoms with Crippen LogP contribution in [-0.4, -0.2) is 80.8 Å². The second kappa shape index (κ2) is 20.4. The van der Waals surface area contributed by atoms with Crippen molar-refractivity contribution in [2.24, 2.45) is 0 Å². The molecule has 0 N–H and O–H groups in total. The number of benzene rings is 6. The van der Waals surface area contributed by atoms with Crippen LogP contribution in [0.15, 0.2) is 109 Å². The van der Waals surface area contributed by atoms with Crippen LogP contribution >= 0.6 is 0 Å². The predicted molar refractivity (Wildman–Crippen MR) is 230 cm³/mol. The molecule has 64 heavy (non-hydrogen) atoms. The lowest BCUT2D eigenvalue weighted by molar-refractivity contribution is 0.0712. The standard InChI is InChI=1S/C48H42O16/c1-53-37-25-43(59-7)41(57-5)23-33(37)47(51)63-35-19-13-29(21-39(35)55-3)45(49)61-31-15-9-27(10-16-31)28-11-17-32(18-12-28)62-46(50)30-14-20-36(40(22-30)56-4)64-48(52)34-24-42(58-6)44(60-8)26-38(34)54-2/h9-26H,1-8H3. The molecule has 0 amide bonds. The highest BCUT2D eigenvalue weighted by atomic mass is 16.6. The normalized spacial score (nSPS) is 10.4. The SMILES string of the molecule is COc1cc(OC)c(C(=O)Oc2ccc(C(=O)Oc3ccc(-c4ccc(OC(=O)c5ccc(OC(=O)c6cc(OC)c(OC)cc6OC)c(OC)c5)cc4)cc3)cc2OC)cc1OC. The number of rotatable bonds is 17. The molecular weight excluding hydrogens is 833 g/mol. The monoisotopic (exact) mass is 874 g/mol. The van der Waals surface area contributed by atoms with E-state index < -0.39 is 23.9 Å². The number of hydrogen-bond donors (Lipinski definition) is 0. The Morgan fingerprint density at radius 3 is 0.891 bits per heavy atom. The van der Waals surface area contributed by atoms with Gasteiger partial charge in [0, 0.05) is 24.3 Å². The first-order valence-corrected chi connectivity index (χ1v) is 19.0. The fourth-order valence-corrected chi connectivity index (χ4v) is 6.21. The van der Waals surface area contributed by atoms with Gasteiger partial charge in [0.2, 0.25) is 0 Å². The van der Waals surface area contributed by atoms with Crippen LogP contribution in [0.5, 0.6) is 69.0 Å². The summed E-state index contributed by atoms with van der Waals surface area (Å²) in [4.78, 5) is 52.6. The molecule has 6 aromatic rings. The molecule has 16 nitrogen and oxygen atoms in total. The van der Waals surface area contributed by atoms with Gasteiger partial charge in [0.1, 0.15) is 34.1 Å². The van der Waals surface area contributed by atoms with Crippen molar-refractivity contribution in [1.82, 2.24) is 0 Å². The molecule has 0 heterocycles. The summed E-state index contributed by atoms with van der Waals surface area (Å²) in [6.07, 6.45) is 0. The van der Waals surface area contributed by atoms with Crippen molar-refractivity contribution in [3.63, 3.8) is 0 Å². The van der Waals surface area contributed by atoms with Gasteiger partial charge in [-0.25, -0.2) is 19.2 Å². The first-order chi connectivity index (χ1) is 31.0. The molecule has 0 unspecified atom stereocenters. The fraction of sp³-hybridized carbons (Fsp3) is 0.167. The van der Waals surface area contributed by atoms with Gasteiger partial charge in [0.05, 0.1) is 68.0 Å². The van der Waals surface area contributed by atoms with E-state index >= 15 is 0 Å². The van der Waals surface area contributed by atoms with Gasteiger partial charge in [-0.2, -0.15) is 0 Å². The molecule has 0 aliphatic rings. The maximum absolute atomic E-state index is 13.2. The Balaban J connectivity index is 1.06. The molecule has 6 rings (SSSR count). The molecule has 0 aliphatic carbocycles. The molecule has 6 aromatic carbocycles. The van der Waals surface area contributed by atoms with Crippen molar-refractivity contribution in [2.45, 2.75) is 0 Å². The summed E-state index contributed by atoms with van der Waals surface area (Å²) in [7, 11) is 11.3. The Labute approximate surface area is 367 Å². The Morgan fingerprint density at radius 2 is 0.578 bits per heavy atom. The van der Waals surface area contributed by atoms with Gasteiger partial charge < -0.3 is 56.8 Å². The van der Waals surface area contributed by atoms with Crippen molar-refractivity contribution in [3.05, 3.63) is 131 Å². The average Bonchev–Trinajstić information content (AvgIpc) is 3.33. The Morgan fingerprint density at radius 1 is 0.281 bits per heavy atom. The van der Waals surface area contributed by atoms with E-state index in [1.807, 2.05) is 0 Å². The molecule has 330 valence electrons. The molecule has 0 bridgehead atoms. The summed E-state index contributed by atoms with van der Waals surface area (Å²) in [6.45, 7) is 0. The van der Waals surface area contributed by atoms with Crippen molar-refractivity contribution < 1.29 is 76.0 Å². The van der Waals surface area contributed by atoms with E-state index in [0.29, 0.717) is 23.0 Å². The van der Waals surface area contributed by atoms with Crippen LogP contribution in [0.1, 0.15) is 41.4 Å². The zero-order valence-corrected chi connectivity index (χ0v) is 35.9. The minimum atomic E-state index is -0.761. The first kappa shape index (κ1) is 45.1. The fourth-order valence-electron chi connectivity index (χ4n) is 6.21. The van der Waals surface area contributed by atoms with E-state index in [-0.39, 0.29) is 68.2 Å². The predicted octanol–water partition coefficient (Wildman–Crippen LogP) is 8.30. The summed E-state index contributed by atoms with van der Waals surface area (Å²) < 4.78 is 65.1. The van der Waals surface area contributed by atoms with Crippen molar-refractivity contribution in [3.8, 4) is 80.1 Å². The minimum absolute atomic E-state index is 0.0512. The summed E-state index contributed by atoms with van der Waals surface area (Å²) in [5.74, 6) is -0.296. The summed E-state index contributed by atoms with van der Waals surface area (Å²) in [5, 5.41) is 0. The number of esters is 4. The number of carbonyl (C=O) groups is 4. The molecular formula is C48H42O16. The van der Waals surface area contributed by atoms with Gasteiger partial charge >= 0.3 is 23.9 Å². The Bertz CT molecular complexity index is 2490. The van der Waals surface area contributed by atoms with E-state index in [1.54, 1.807) is 48.5 Å². The summed E-state index contributed by atoms with van der Waals surface area (Å²) in [5.41, 5.74) is 2.01. The second-order valence-electron chi connectivity index (χ2n) is 13.2. The van der Waals surface area contributed by atoms with Gasteiger partial charge in [-0.05, 0) is 71.8 Å². The van der Waals surface area contributed by atoms with Gasteiger partial charge in [0.15, 0.2) is 46.0 Å². The molecule has 0 saturated carbocycles. The molecule has 0 radical (unpaired) electrons. The molecule has 0 aromatic heterocycles. The lowest BCUT2D eigenvalue weighted by atomic mass is 10.1. The van der Waals surface area contributed by atoms with Gasteiger partial charge in [-0.15, -0.1) is 0 Å². The van der Waals surface area contributed by atoms with E-state index in [9.17, 15) is 19.2 Å². The van der Waals surface area contributed by atoms with Crippen LogP contribution in [0, 0.1) is 0 Å². The van der Waals surface area contributed by atoms with E-state index in [4.69, 9.17) is 56.8 Å². The van der Waals surface area contributed by atoms with Crippen LogP contribution in [0.3, 0.4) is 0 Å². The van der Waals surface area contributed by atoms with Crippen LogP contribution in [0.2, 0.25) is 0 Å². The summed E-state index contributed by atoms with van der Waals surface area (Å²) in [6, 6.07) is 27.9. The van der Waals surface area contributed by atoms with Crippen LogP contribution in [-0.2, 0) is 0 Å². The molecule has 0 atom stereocenters. The topological polar surface area (TPSA) is 179 Å².